The highest BCUT2D eigenvalue weighted by Gasteiger charge is 2.44. The van der Waals surface area contributed by atoms with Gasteiger partial charge in [0.2, 0.25) is 11.1 Å². The van der Waals surface area contributed by atoms with Crippen LogP contribution in [-0.2, 0) is 9.47 Å². The van der Waals surface area contributed by atoms with Crippen molar-refractivity contribution in [2.24, 2.45) is 17.8 Å². The maximum atomic E-state index is 10.9. The number of aliphatic hydroxyl groups is 2. The van der Waals surface area contributed by atoms with Crippen LogP contribution in [0.1, 0.15) is 51.4 Å². The van der Waals surface area contributed by atoms with E-state index in [2.05, 4.69) is 19.6 Å². The highest BCUT2D eigenvalue weighted by Crippen LogP contribution is 2.42. The van der Waals surface area contributed by atoms with E-state index in [1.807, 2.05) is 0 Å². The fraction of sp³-hybridized carbons (Fsp3) is 0.909. The van der Waals surface area contributed by atoms with Crippen LogP contribution in [-0.4, -0.2) is 76.8 Å². The molecule has 1 aromatic heterocycles. The van der Waals surface area contributed by atoms with Crippen molar-refractivity contribution in [1.82, 2.24) is 9.36 Å². The molecule has 2 aliphatic heterocycles. The van der Waals surface area contributed by atoms with Gasteiger partial charge in [0.25, 0.3) is 0 Å². The number of hydrogen-bond donors (Lipinski definition) is 3. The summed E-state index contributed by atoms with van der Waals surface area (Å²) >= 11 is 1.28. The van der Waals surface area contributed by atoms with E-state index in [4.69, 9.17) is 9.47 Å². The van der Waals surface area contributed by atoms with Crippen LogP contribution < -0.4 is 10.2 Å². The van der Waals surface area contributed by atoms with E-state index >= 15 is 0 Å². The van der Waals surface area contributed by atoms with E-state index in [9.17, 15) is 10.2 Å². The lowest BCUT2D eigenvalue weighted by atomic mass is 9.86. The number of ether oxygens (including phenoxy) is 2. The lowest BCUT2D eigenvalue weighted by Crippen LogP contribution is -2.57. The Morgan fingerprint density at radius 3 is 2.65 bits per heavy atom. The molecule has 31 heavy (non-hydrogen) atoms. The van der Waals surface area contributed by atoms with Gasteiger partial charge < -0.3 is 29.9 Å². The largest absolute Gasteiger partial charge is 0.388 e. The van der Waals surface area contributed by atoms with Gasteiger partial charge in [-0.05, 0) is 37.0 Å². The second kappa shape index (κ2) is 9.87. The molecule has 8 nitrogen and oxygen atoms in total. The standard InChI is InChI=1S/C22H36N4O4S/c27-18-17(23-22-24-21(25-31-22)26-7-9-29-10-8-26)13-30-20(19(18)28)16-6-5-15(12-16)11-14-3-1-2-4-14/h14-20,27-28H,1-13H2,(H,23,24,25)/t15?,16?,17-,18-,19-,20-/m1/s1. The summed E-state index contributed by atoms with van der Waals surface area (Å²) in [5.74, 6) is 2.72. The molecule has 2 unspecified atom stereocenters. The van der Waals surface area contributed by atoms with Crippen molar-refractivity contribution in [3.8, 4) is 0 Å². The van der Waals surface area contributed by atoms with Gasteiger partial charge in [-0.25, -0.2) is 0 Å². The second-order valence-electron chi connectivity index (χ2n) is 9.85. The first kappa shape index (κ1) is 21.8. The number of hydrogen-bond acceptors (Lipinski definition) is 9. The van der Waals surface area contributed by atoms with E-state index in [0.717, 1.165) is 37.8 Å². The molecule has 2 saturated heterocycles. The minimum atomic E-state index is -0.872. The zero-order chi connectivity index (χ0) is 21.2. The summed E-state index contributed by atoms with van der Waals surface area (Å²) in [6.07, 6.45) is 8.39. The normalized spacial score (nSPS) is 37.4. The first-order valence-electron chi connectivity index (χ1n) is 12.1. The Labute approximate surface area is 188 Å². The number of aromatic nitrogens is 2. The van der Waals surface area contributed by atoms with Gasteiger partial charge in [0.05, 0.1) is 32.0 Å². The molecule has 1 aromatic rings. The fourth-order valence-electron chi connectivity index (χ4n) is 6.05. The van der Waals surface area contributed by atoms with E-state index in [-0.39, 0.29) is 12.1 Å². The third-order valence-corrected chi connectivity index (χ3v) is 8.41. The molecule has 174 valence electrons. The molecular formula is C22H36N4O4S. The van der Waals surface area contributed by atoms with E-state index in [1.54, 1.807) is 0 Å². The predicted octanol–water partition coefficient (Wildman–Crippen LogP) is 2.27. The Balaban J connectivity index is 1.13. The number of rotatable bonds is 6. The first-order valence-corrected chi connectivity index (χ1v) is 12.9. The van der Waals surface area contributed by atoms with Crippen LogP contribution in [0, 0.1) is 17.8 Å². The van der Waals surface area contributed by atoms with Crippen LogP contribution in [0.2, 0.25) is 0 Å². The van der Waals surface area contributed by atoms with Crippen LogP contribution in [0.3, 0.4) is 0 Å². The average Bonchev–Trinajstić information content (AvgIpc) is 3.55. The molecule has 0 spiro atoms. The fourth-order valence-corrected chi connectivity index (χ4v) is 6.71. The third kappa shape index (κ3) is 5.00. The number of morpholine rings is 1. The van der Waals surface area contributed by atoms with Crippen molar-refractivity contribution in [2.75, 3.05) is 43.1 Å². The molecule has 3 heterocycles. The summed E-state index contributed by atoms with van der Waals surface area (Å²) in [6, 6.07) is -0.382. The van der Waals surface area contributed by atoms with Gasteiger partial charge in [-0.2, -0.15) is 9.36 Å². The molecule has 0 bridgehead atoms. The zero-order valence-electron chi connectivity index (χ0n) is 18.2. The molecule has 4 fully saturated rings. The SMILES string of the molecule is O[C@@H]1[C@H](O)[C@H](Nc2nc(N3CCOCC3)ns2)CO[C@@H]1C1CCC(CC2CCCC2)C1. The number of nitrogens with zero attached hydrogens (tertiary/aromatic N) is 3. The number of aliphatic hydroxyl groups excluding tert-OH is 2. The van der Waals surface area contributed by atoms with Crippen molar-refractivity contribution >= 4 is 22.6 Å². The van der Waals surface area contributed by atoms with Gasteiger partial charge in [0.15, 0.2) is 0 Å². The minimum Gasteiger partial charge on any atom is -0.388 e. The minimum absolute atomic E-state index is 0.264. The summed E-state index contributed by atoms with van der Waals surface area (Å²) in [7, 11) is 0. The molecule has 9 heteroatoms. The Bertz CT molecular complexity index is 709. The van der Waals surface area contributed by atoms with Crippen LogP contribution in [0.15, 0.2) is 0 Å². The first-order chi connectivity index (χ1) is 15.2. The van der Waals surface area contributed by atoms with Crippen LogP contribution in [0.4, 0.5) is 11.1 Å². The van der Waals surface area contributed by atoms with Crippen LogP contribution in [0.5, 0.6) is 0 Å². The summed E-state index contributed by atoms with van der Waals surface area (Å²) in [5, 5.41) is 25.6. The van der Waals surface area contributed by atoms with Crippen molar-refractivity contribution in [2.45, 2.75) is 75.7 Å². The summed E-state index contributed by atoms with van der Waals surface area (Å²) < 4.78 is 15.9. The monoisotopic (exact) mass is 452 g/mol. The molecule has 5 rings (SSSR count). The van der Waals surface area contributed by atoms with E-state index in [0.29, 0.717) is 36.8 Å². The van der Waals surface area contributed by atoms with Crippen molar-refractivity contribution in [1.29, 1.82) is 0 Å². The van der Waals surface area contributed by atoms with Crippen molar-refractivity contribution < 1.29 is 19.7 Å². The van der Waals surface area contributed by atoms with Crippen LogP contribution in [0.25, 0.3) is 0 Å². The van der Waals surface area contributed by atoms with Crippen molar-refractivity contribution in [3.05, 3.63) is 0 Å². The van der Waals surface area contributed by atoms with Gasteiger partial charge >= 0.3 is 0 Å². The molecule has 0 aromatic carbocycles. The highest BCUT2D eigenvalue weighted by atomic mass is 32.1. The smallest absolute Gasteiger partial charge is 0.239 e. The molecule has 0 radical (unpaired) electrons. The lowest BCUT2D eigenvalue weighted by molar-refractivity contribution is -0.158. The molecule has 4 aliphatic rings. The molecular weight excluding hydrogens is 416 g/mol. The maximum absolute atomic E-state index is 10.9. The average molecular weight is 453 g/mol. The Kier molecular flexibility index (Phi) is 6.95. The zero-order valence-corrected chi connectivity index (χ0v) is 19.0. The summed E-state index contributed by atoms with van der Waals surface area (Å²) in [4.78, 5) is 6.66. The molecule has 2 aliphatic carbocycles. The molecule has 0 amide bonds. The van der Waals surface area contributed by atoms with Gasteiger partial charge in [-0.1, -0.05) is 32.1 Å². The van der Waals surface area contributed by atoms with Crippen molar-refractivity contribution in [3.63, 3.8) is 0 Å². The quantitative estimate of drug-likeness (QED) is 0.605. The second-order valence-corrected chi connectivity index (χ2v) is 10.6. The van der Waals surface area contributed by atoms with Gasteiger partial charge in [-0.15, -0.1) is 0 Å². The van der Waals surface area contributed by atoms with Gasteiger partial charge in [0, 0.05) is 24.6 Å². The summed E-state index contributed by atoms with van der Waals surface area (Å²) in [6.45, 7) is 3.32. The summed E-state index contributed by atoms with van der Waals surface area (Å²) in [5.41, 5.74) is 0. The van der Waals surface area contributed by atoms with Gasteiger partial charge in [-0.3, -0.25) is 0 Å². The van der Waals surface area contributed by atoms with Crippen LogP contribution >= 0.6 is 11.5 Å². The topological polar surface area (TPSA) is 100.0 Å². The highest BCUT2D eigenvalue weighted by molar-refractivity contribution is 7.09. The molecule has 2 saturated carbocycles. The van der Waals surface area contributed by atoms with Gasteiger partial charge in [0.1, 0.15) is 12.2 Å². The molecule has 6 atom stereocenters. The Morgan fingerprint density at radius 1 is 1.03 bits per heavy atom. The molecule has 3 N–H and O–H groups in total. The lowest BCUT2D eigenvalue weighted by Gasteiger charge is -2.40. The maximum Gasteiger partial charge on any atom is 0.239 e. The Morgan fingerprint density at radius 2 is 1.84 bits per heavy atom. The van der Waals surface area contributed by atoms with E-state index < -0.39 is 12.2 Å². The van der Waals surface area contributed by atoms with E-state index in [1.165, 1.54) is 50.1 Å². The predicted molar refractivity (Wildman–Crippen MR) is 120 cm³/mol. The third-order valence-electron chi connectivity index (χ3n) is 7.77. The Hall–Kier alpha value is -1.00. The number of nitrogens with one attached hydrogen (secondary N) is 1. The number of anilines is 2.